The molecule has 0 unspecified atom stereocenters. The van der Waals surface area contributed by atoms with Crippen molar-refractivity contribution in [3.8, 4) is 0 Å². The molecule has 4 N–H and O–H groups in total. The maximum absolute atomic E-state index is 8.59. The minimum absolute atomic E-state index is 0. The van der Waals surface area contributed by atoms with Gasteiger partial charge in [0.05, 0.1) is 0 Å². The summed E-state index contributed by atoms with van der Waals surface area (Å²) >= 11 is -5.75. The van der Waals surface area contributed by atoms with Crippen LogP contribution in [-0.4, -0.2) is 13.1 Å². The minimum atomic E-state index is -5.75. The van der Waals surface area contributed by atoms with Crippen LogP contribution in [-0.2, 0) is 43.6 Å². The van der Waals surface area contributed by atoms with Gasteiger partial charge < -0.3 is 11.5 Å². The van der Waals surface area contributed by atoms with Crippen molar-refractivity contribution in [3.05, 3.63) is 0 Å². The summed E-state index contributed by atoms with van der Waals surface area (Å²) in [6.07, 6.45) is 0. The van der Waals surface area contributed by atoms with Crippen LogP contribution in [0, 0.1) is 0 Å². The van der Waals surface area contributed by atoms with Gasteiger partial charge in [-0.2, -0.15) is 0 Å². The van der Waals surface area contributed by atoms with Gasteiger partial charge in [0.15, 0.2) is 0 Å². The summed E-state index contributed by atoms with van der Waals surface area (Å²) in [6.45, 7) is 1.19. The molecule has 0 saturated heterocycles. The van der Waals surface area contributed by atoms with E-state index in [1.54, 1.807) is 0 Å². The van der Waals surface area contributed by atoms with Crippen LogP contribution in [0.15, 0.2) is 0 Å². The molecule has 0 heterocycles. The van der Waals surface area contributed by atoms with Gasteiger partial charge in [-0.05, 0) is 0 Å². The van der Waals surface area contributed by atoms with Crippen molar-refractivity contribution in [3.63, 3.8) is 0 Å². The van der Waals surface area contributed by atoms with E-state index >= 15 is 0 Å². The van der Waals surface area contributed by atoms with Gasteiger partial charge in [0.1, 0.15) is 0 Å². The Hall–Kier alpha value is 0.713. The molecule has 0 aliphatic rings. The van der Waals surface area contributed by atoms with Crippen LogP contribution in [0.2, 0.25) is 0 Å². The second-order valence-electron chi connectivity index (χ2n) is 0.986. The first kappa shape index (κ1) is 17.0. The van der Waals surface area contributed by atoms with E-state index in [1.165, 1.54) is 0 Å². The Kier molecular flexibility index (Phi) is 16.5. The zero-order valence-corrected chi connectivity index (χ0v) is 7.67. The summed E-state index contributed by atoms with van der Waals surface area (Å²) in [5.41, 5.74) is 9.81. The average Bonchev–Trinajstić information content (AvgIpc) is 1.61. The monoisotopic (exact) mass is 283 g/mol. The Labute approximate surface area is 76.5 Å². The summed E-state index contributed by atoms with van der Waals surface area (Å²) in [5, 5.41) is 0. The zero-order valence-electron chi connectivity index (χ0n) is 4.91. The van der Waals surface area contributed by atoms with E-state index in [-0.39, 0.29) is 22.4 Å². The molecule has 0 aromatic heterocycles. The van der Waals surface area contributed by atoms with Gasteiger partial charge in [-0.3, -0.25) is 0 Å². The predicted octanol–water partition coefficient (Wildman–Crippen LogP) is -3.72. The van der Waals surface area contributed by atoms with E-state index in [0.29, 0.717) is 13.1 Å². The van der Waals surface area contributed by atoms with E-state index in [2.05, 4.69) is 0 Å². The molecule has 0 aromatic rings. The van der Waals surface area contributed by atoms with Crippen molar-refractivity contribution in [1.29, 1.82) is 0 Å². The van der Waals surface area contributed by atoms with Crippen molar-refractivity contribution in [1.82, 2.24) is 0 Å². The van der Waals surface area contributed by atoms with Gasteiger partial charge in [-0.1, -0.05) is 0 Å². The molecule has 0 aliphatic carbocycles. The zero-order chi connectivity index (χ0) is 7.91. The molecule has 0 saturated carbocycles. The second kappa shape index (κ2) is 9.71. The molecule has 0 bridgehead atoms. The van der Waals surface area contributed by atoms with Gasteiger partial charge in [-0.25, -0.2) is 0 Å². The van der Waals surface area contributed by atoms with Gasteiger partial charge in [-0.15, -0.1) is 0 Å². The molecular formula is C2H8AgCrN2O4-2. The van der Waals surface area contributed by atoms with E-state index < -0.39 is 13.6 Å². The van der Waals surface area contributed by atoms with Crippen LogP contribution in [0.3, 0.4) is 0 Å². The molecule has 69 valence electrons. The Balaban J connectivity index is -0.0000000910. The van der Waals surface area contributed by atoms with E-state index in [4.69, 9.17) is 27.4 Å². The third-order valence-electron chi connectivity index (χ3n) is 0.167. The Morgan fingerprint density at radius 3 is 1.20 bits per heavy atom. The summed E-state index contributed by atoms with van der Waals surface area (Å²) in [4.78, 5) is 0. The fourth-order valence-corrected chi connectivity index (χ4v) is 0. The summed E-state index contributed by atoms with van der Waals surface area (Å²) < 4.78 is 34.4. The molecule has 0 amide bonds. The molecule has 1 radical (unpaired) electrons. The van der Waals surface area contributed by atoms with Crippen molar-refractivity contribution >= 4 is 0 Å². The molecule has 10 heavy (non-hydrogen) atoms. The first-order valence-corrected chi connectivity index (χ1v) is 4.07. The molecule has 0 aliphatic heterocycles. The van der Waals surface area contributed by atoms with Crippen LogP contribution in [0.1, 0.15) is 0 Å². The fraction of sp³-hybridized carbons (Fsp3) is 1.00. The van der Waals surface area contributed by atoms with Crippen LogP contribution in [0.5, 0.6) is 0 Å². The average molecular weight is 284 g/mol. The van der Waals surface area contributed by atoms with Crippen molar-refractivity contribution in [2.75, 3.05) is 13.1 Å². The van der Waals surface area contributed by atoms with E-state index in [9.17, 15) is 0 Å². The Morgan fingerprint density at radius 1 is 1.10 bits per heavy atom. The standard InChI is InChI=1S/C2H8N2.Ag.Cr.4O/c3-1-2-4;;;;;;/h1-4H2;;;;;;/q;;;;;2*-1. The molecule has 6 nitrogen and oxygen atoms in total. The predicted molar refractivity (Wildman–Crippen MR) is 19.5 cm³/mol. The third kappa shape index (κ3) is 177. The number of hydrogen-bond donors (Lipinski definition) is 2. The van der Waals surface area contributed by atoms with Crippen molar-refractivity contribution < 1.29 is 51.9 Å². The molecular weight excluding hydrogens is 276 g/mol. The quantitative estimate of drug-likeness (QED) is 0.476. The number of rotatable bonds is 1. The molecule has 0 spiro atoms. The fourth-order valence-electron chi connectivity index (χ4n) is 0. The van der Waals surface area contributed by atoms with Crippen molar-refractivity contribution in [2.45, 2.75) is 0 Å². The van der Waals surface area contributed by atoms with Gasteiger partial charge in [0, 0.05) is 35.5 Å². The number of nitrogens with two attached hydrogens (primary N) is 2. The Bertz CT molecular complexity index is 124. The van der Waals surface area contributed by atoms with Gasteiger partial charge in [0.25, 0.3) is 0 Å². The van der Waals surface area contributed by atoms with E-state index in [1.807, 2.05) is 0 Å². The Morgan fingerprint density at radius 2 is 1.20 bits per heavy atom. The van der Waals surface area contributed by atoms with Crippen LogP contribution >= 0.6 is 0 Å². The molecule has 0 fully saturated rings. The first-order valence-electron chi connectivity index (χ1n) is 1.98. The number of hydrogen-bond acceptors (Lipinski definition) is 6. The third-order valence-corrected chi connectivity index (χ3v) is 0.167. The normalized spacial score (nSPS) is 8.80. The first-order chi connectivity index (χ1) is 3.91. The molecule has 0 atom stereocenters. The SMILES string of the molecule is NCCN.[Ag].[O]=[Cr](=[O])([O-])[O-]. The molecule has 8 heteroatoms. The molecule has 0 rings (SSSR count). The van der Waals surface area contributed by atoms with Crippen LogP contribution in [0.25, 0.3) is 0 Å². The second-order valence-corrected chi connectivity index (χ2v) is 2.26. The maximum atomic E-state index is 8.59. The topological polar surface area (TPSA) is 132 Å². The summed E-state index contributed by atoms with van der Waals surface area (Å²) in [5.74, 6) is 0. The van der Waals surface area contributed by atoms with E-state index in [0.717, 1.165) is 0 Å². The van der Waals surface area contributed by atoms with Gasteiger partial charge in [0.2, 0.25) is 0 Å². The summed E-state index contributed by atoms with van der Waals surface area (Å²) in [6, 6.07) is 0. The summed E-state index contributed by atoms with van der Waals surface area (Å²) in [7, 11) is 0. The van der Waals surface area contributed by atoms with Gasteiger partial charge >= 0.3 is 29.5 Å². The van der Waals surface area contributed by atoms with Crippen LogP contribution in [0.4, 0.5) is 0 Å². The van der Waals surface area contributed by atoms with Crippen molar-refractivity contribution in [2.24, 2.45) is 11.5 Å². The van der Waals surface area contributed by atoms with Crippen LogP contribution < -0.4 is 19.8 Å². The molecule has 0 aromatic carbocycles.